The molecule has 1 aliphatic rings. The van der Waals surface area contributed by atoms with E-state index in [0.29, 0.717) is 19.4 Å². The van der Waals surface area contributed by atoms with Gasteiger partial charge in [-0.05, 0) is 26.7 Å². The lowest BCUT2D eigenvalue weighted by Gasteiger charge is -2.30. The van der Waals surface area contributed by atoms with Gasteiger partial charge in [-0.1, -0.05) is 12.8 Å². The predicted molar refractivity (Wildman–Crippen MR) is 66.5 cm³/mol. The zero-order valence-electron chi connectivity index (χ0n) is 11.2. The Hall–Kier alpha value is -1.30. The third-order valence-corrected chi connectivity index (χ3v) is 3.18. The summed E-state index contributed by atoms with van der Waals surface area (Å²) in [5.41, 5.74) is -1.63. The normalized spacial score (nSPS) is 18.4. The van der Waals surface area contributed by atoms with E-state index in [1.165, 1.54) is 0 Å². The van der Waals surface area contributed by atoms with E-state index in [9.17, 15) is 14.7 Å². The van der Waals surface area contributed by atoms with Crippen LogP contribution in [0.25, 0.3) is 0 Å². The Bertz CT molecular complexity index is 322. The largest absolute Gasteiger partial charge is 0.480 e. The number of carbonyl (C=O) groups excluding carboxylic acids is 1. The molecule has 6 nitrogen and oxygen atoms in total. The topological polar surface area (TPSA) is 87.7 Å². The van der Waals surface area contributed by atoms with Gasteiger partial charge >= 0.3 is 12.0 Å². The number of ether oxygens (including phenoxy) is 1. The van der Waals surface area contributed by atoms with E-state index in [0.717, 1.165) is 12.8 Å². The molecule has 0 atom stereocenters. The van der Waals surface area contributed by atoms with Crippen LogP contribution in [0.1, 0.15) is 39.5 Å². The number of rotatable bonds is 5. The Balaban J connectivity index is 2.60. The molecule has 1 rings (SSSR count). The van der Waals surface area contributed by atoms with Crippen LogP contribution in [-0.2, 0) is 9.53 Å². The summed E-state index contributed by atoms with van der Waals surface area (Å²) < 4.78 is 4.99. The molecule has 0 aromatic heterocycles. The second-order valence-corrected chi connectivity index (χ2v) is 5.49. The first-order valence-corrected chi connectivity index (χ1v) is 6.14. The average Bonchev–Trinajstić information content (AvgIpc) is 2.65. The summed E-state index contributed by atoms with van der Waals surface area (Å²) in [6, 6.07) is -0.457. The molecule has 0 aromatic carbocycles. The van der Waals surface area contributed by atoms with Crippen molar-refractivity contribution in [1.82, 2.24) is 10.6 Å². The fraction of sp³-hybridized carbons (Fsp3) is 0.833. The van der Waals surface area contributed by atoms with Crippen molar-refractivity contribution in [2.45, 2.75) is 50.6 Å². The second-order valence-electron chi connectivity index (χ2n) is 5.49. The lowest BCUT2D eigenvalue weighted by molar-refractivity contribution is -0.144. The number of hydrogen-bond acceptors (Lipinski definition) is 3. The fourth-order valence-corrected chi connectivity index (χ4v) is 2.32. The highest BCUT2D eigenvalue weighted by Gasteiger charge is 2.43. The molecule has 0 saturated heterocycles. The highest BCUT2D eigenvalue weighted by Crippen LogP contribution is 2.29. The first kappa shape index (κ1) is 14.8. The smallest absolute Gasteiger partial charge is 0.329 e. The molecule has 0 aliphatic heterocycles. The molecule has 104 valence electrons. The number of nitrogens with one attached hydrogen (secondary N) is 2. The Morgan fingerprint density at radius 1 is 1.33 bits per heavy atom. The van der Waals surface area contributed by atoms with Gasteiger partial charge in [0.2, 0.25) is 0 Å². The summed E-state index contributed by atoms with van der Waals surface area (Å²) in [4.78, 5) is 23.1. The van der Waals surface area contributed by atoms with Crippen molar-refractivity contribution >= 4 is 12.0 Å². The molecule has 6 heteroatoms. The van der Waals surface area contributed by atoms with Crippen molar-refractivity contribution in [2.24, 2.45) is 0 Å². The lowest BCUT2D eigenvalue weighted by Crippen LogP contribution is -2.59. The van der Waals surface area contributed by atoms with Crippen LogP contribution in [0.4, 0.5) is 4.79 Å². The summed E-state index contributed by atoms with van der Waals surface area (Å²) in [5, 5.41) is 14.6. The number of methoxy groups -OCH3 is 1. The number of aliphatic carboxylic acids is 1. The van der Waals surface area contributed by atoms with Crippen molar-refractivity contribution in [2.75, 3.05) is 13.7 Å². The van der Waals surface area contributed by atoms with Crippen molar-refractivity contribution in [3.8, 4) is 0 Å². The summed E-state index contributed by atoms with van der Waals surface area (Å²) in [6.45, 7) is 4.00. The molecule has 1 saturated carbocycles. The van der Waals surface area contributed by atoms with Crippen molar-refractivity contribution in [1.29, 1.82) is 0 Å². The quantitative estimate of drug-likeness (QED) is 0.689. The van der Waals surface area contributed by atoms with Crippen LogP contribution in [0.2, 0.25) is 0 Å². The molecule has 2 amide bonds. The SMILES string of the molecule is COCC(C)(C)NC(=O)NC1(C(=O)O)CCCC1. The van der Waals surface area contributed by atoms with Crippen LogP contribution < -0.4 is 10.6 Å². The Kier molecular flexibility index (Phi) is 4.56. The van der Waals surface area contributed by atoms with Crippen LogP contribution in [0, 0.1) is 0 Å². The van der Waals surface area contributed by atoms with Gasteiger partial charge in [0.15, 0.2) is 0 Å². The Labute approximate surface area is 107 Å². The number of carbonyl (C=O) groups is 2. The van der Waals surface area contributed by atoms with E-state index < -0.39 is 23.1 Å². The monoisotopic (exact) mass is 258 g/mol. The number of amides is 2. The maximum absolute atomic E-state index is 11.9. The summed E-state index contributed by atoms with van der Waals surface area (Å²) in [5.74, 6) is -0.959. The fourth-order valence-electron chi connectivity index (χ4n) is 2.32. The Morgan fingerprint density at radius 3 is 2.33 bits per heavy atom. The molecule has 1 fully saturated rings. The van der Waals surface area contributed by atoms with E-state index in [4.69, 9.17) is 4.74 Å². The summed E-state index contributed by atoms with van der Waals surface area (Å²) >= 11 is 0. The van der Waals surface area contributed by atoms with Gasteiger partial charge in [-0.2, -0.15) is 0 Å². The molecule has 0 spiro atoms. The van der Waals surface area contributed by atoms with Gasteiger partial charge in [0, 0.05) is 7.11 Å². The molecule has 1 aliphatic carbocycles. The van der Waals surface area contributed by atoms with Gasteiger partial charge in [-0.3, -0.25) is 0 Å². The molecule has 0 aromatic rings. The molecular weight excluding hydrogens is 236 g/mol. The van der Waals surface area contributed by atoms with Crippen molar-refractivity contribution < 1.29 is 19.4 Å². The van der Waals surface area contributed by atoms with E-state index in [1.54, 1.807) is 7.11 Å². The van der Waals surface area contributed by atoms with E-state index in [1.807, 2.05) is 13.8 Å². The van der Waals surface area contributed by atoms with E-state index >= 15 is 0 Å². The van der Waals surface area contributed by atoms with Crippen LogP contribution in [0.15, 0.2) is 0 Å². The summed E-state index contributed by atoms with van der Waals surface area (Å²) in [7, 11) is 1.55. The molecule has 18 heavy (non-hydrogen) atoms. The maximum atomic E-state index is 11.9. The molecule has 0 radical (unpaired) electrons. The third kappa shape index (κ3) is 3.60. The molecule has 0 heterocycles. The van der Waals surface area contributed by atoms with Crippen LogP contribution in [0.5, 0.6) is 0 Å². The summed E-state index contributed by atoms with van der Waals surface area (Å²) in [6.07, 6.45) is 2.63. The number of carboxylic acids is 1. The number of hydrogen-bond donors (Lipinski definition) is 3. The Morgan fingerprint density at radius 2 is 1.89 bits per heavy atom. The van der Waals surface area contributed by atoms with Crippen LogP contribution in [0.3, 0.4) is 0 Å². The molecule has 3 N–H and O–H groups in total. The minimum atomic E-state index is -1.10. The maximum Gasteiger partial charge on any atom is 0.329 e. The predicted octanol–water partition coefficient (Wildman–Crippen LogP) is 1.11. The van der Waals surface area contributed by atoms with Gasteiger partial charge in [-0.15, -0.1) is 0 Å². The van der Waals surface area contributed by atoms with Gasteiger partial charge < -0.3 is 20.5 Å². The average molecular weight is 258 g/mol. The second kappa shape index (κ2) is 5.56. The van der Waals surface area contributed by atoms with Crippen molar-refractivity contribution in [3.63, 3.8) is 0 Å². The first-order chi connectivity index (χ1) is 8.31. The third-order valence-electron chi connectivity index (χ3n) is 3.18. The highest BCUT2D eigenvalue weighted by molar-refractivity contribution is 5.86. The zero-order chi connectivity index (χ0) is 13.8. The van der Waals surface area contributed by atoms with Gasteiger partial charge in [0.1, 0.15) is 5.54 Å². The highest BCUT2D eigenvalue weighted by atomic mass is 16.5. The van der Waals surface area contributed by atoms with E-state index in [-0.39, 0.29) is 0 Å². The molecule has 0 bridgehead atoms. The minimum Gasteiger partial charge on any atom is -0.480 e. The first-order valence-electron chi connectivity index (χ1n) is 6.14. The van der Waals surface area contributed by atoms with Crippen molar-refractivity contribution in [3.05, 3.63) is 0 Å². The lowest BCUT2D eigenvalue weighted by atomic mass is 9.98. The van der Waals surface area contributed by atoms with E-state index in [2.05, 4.69) is 10.6 Å². The molecule has 0 unspecified atom stereocenters. The molecular formula is C12H22N2O4. The van der Waals surface area contributed by atoms with Gasteiger partial charge in [0.25, 0.3) is 0 Å². The van der Waals surface area contributed by atoms with Crippen LogP contribution >= 0.6 is 0 Å². The zero-order valence-corrected chi connectivity index (χ0v) is 11.2. The minimum absolute atomic E-state index is 0.362. The van der Waals surface area contributed by atoms with Gasteiger partial charge in [0.05, 0.1) is 12.1 Å². The standard InChI is InChI=1S/C12H22N2O4/c1-11(2,8-18-3)13-10(17)14-12(9(15)16)6-4-5-7-12/h4-8H2,1-3H3,(H,15,16)(H2,13,14,17). The van der Waals surface area contributed by atoms with Crippen LogP contribution in [-0.4, -0.2) is 41.9 Å². The van der Waals surface area contributed by atoms with Gasteiger partial charge in [-0.25, -0.2) is 9.59 Å². The number of urea groups is 1. The number of carboxylic acid groups (broad SMARTS) is 1.